The van der Waals surface area contributed by atoms with Crippen LogP contribution in [0.2, 0.25) is 0 Å². The monoisotopic (exact) mass is 161 g/mol. The Hall–Kier alpha value is -0.570. The van der Waals surface area contributed by atoms with Gasteiger partial charge in [-0.05, 0) is 6.42 Å². The van der Waals surface area contributed by atoms with Gasteiger partial charge in [-0.3, -0.25) is 9.63 Å². The van der Waals surface area contributed by atoms with Gasteiger partial charge in [0.2, 0.25) is 5.91 Å². The van der Waals surface area contributed by atoms with Crippen molar-refractivity contribution < 1.29 is 9.63 Å². The van der Waals surface area contributed by atoms with Crippen LogP contribution in [0.1, 0.15) is 34.1 Å². The summed E-state index contributed by atoms with van der Waals surface area (Å²) in [5, 5.41) is 1.24. The molecular weight excluding hydrogens is 142 g/mol. The lowest BCUT2D eigenvalue weighted by atomic mass is 10.5. The van der Waals surface area contributed by atoms with Gasteiger partial charge in [-0.1, -0.05) is 20.8 Å². The van der Waals surface area contributed by atoms with Gasteiger partial charge in [0, 0.05) is 14.0 Å². The number of hydroxylamine groups is 2. The number of carbonyl (C=O) groups excluding carboxylic acids is 1. The van der Waals surface area contributed by atoms with Crippen molar-refractivity contribution in [2.24, 2.45) is 0 Å². The van der Waals surface area contributed by atoms with Gasteiger partial charge in [-0.2, -0.15) is 0 Å². The highest BCUT2D eigenvalue weighted by atomic mass is 16.7. The fourth-order valence-corrected chi connectivity index (χ4v) is 0.319. The maximum atomic E-state index is 10.5. The van der Waals surface area contributed by atoms with Crippen molar-refractivity contribution in [3.8, 4) is 0 Å². The molecule has 3 nitrogen and oxygen atoms in total. The van der Waals surface area contributed by atoms with Crippen molar-refractivity contribution in [2.75, 3.05) is 13.7 Å². The Morgan fingerprint density at radius 2 is 1.91 bits per heavy atom. The molecule has 0 aromatic carbocycles. The van der Waals surface area contributed by atoms with E-state index in [9.17, 15) is 4.79 Å². The minimum Gasteiger partial charge on any atom is -0.273 e. The van der Waals surface area contributed by atoms with Gasteiger partial charge in [0.25, 0.3) is 0 Å². The van der Waals surface area contributed by atoms with Crippen LogP contribution >= 0.6 is 0 Å². The first-order valence-electron chi connectivity index (χ1n) is 4.05. The summed E-state index contributed by atoms with van der Waals surface area (Å²) < 4.78 is 0. The summed E-state index contributed by atoms with van der Waals surface area (Å²) in [7, 11) is 1.61. The number of rotatable bonds is 3. The van der Waals surface area contributed by atoms with E-state index >= 15 is 0 Å². The Labute approximate surface area is 69.3 Å². The van der Waals surface area contributed by atoms with Gasteiger partial charge in [0.15, 0.2) is 0 Å². The third kappa shape index (κ3) is 9.43. The van der Waals surface area contributed by atoms with E-state index in [0.29, 0.717) is 6.61 Å². The zero-order chi connectivity index (χ0) is 9.28. The molecule has 0 atom stereocenters. The molecule has 0 saturated heterocycles. The Morgan fingerprint density at radius 1 is 1.45 bits per heavy atom. The van der Waals surface area contributed by atoms with Crippen LogP contribution in [0.4, 0.5) is 0 Å². The molecule has 0 fully saturated rings. The molecule has 0 unspecified atom stereocenters. The minimum absolute atomic E-state index is 0.0662. The van der Waals surface area contributed by atoms with Crippen LogP contribution in [0, 0.1) is 0 Å². The first-order valence-corrected chi connectivity index (χ1v) is 4.05. The standard InChI is InChI=1S/C6H13NO2.C2H6/c1-4-5-9-7(3)6(2)8;1-2/h4-5H2,1-3H3;1-2H3. The van der Waals surface area contributed by atoms with Crippen LogP contribution in [-0.2, 0) is 9.63 Å². The second-order valence-electron chi connectivity index (χ2n) is 1.85. The number of amides is 1. The summed E-state index contributed by atoms with van der Waals surface area (Å²) in [6, 6.07) is 0. The van der Waals surface area contributed by atoms with E-state index < -0.39 is 0 Å². The van der Waals surface area contributed by atoms with Crippen LogP contribution in [0.15, 0.2) is 0 Å². The molecule has 0 heterocycles. The summed E-state index contributed by atoms with van der Waals surface area (Å²) >= 11 is 0. The summed E-state index contributed by atoms with van der Waals surface area (Å²) in [5.74, 6) is -0.0662. The summed E-state index contributed by atoms with van der Waals surface area (Å²) in [5.41, 5.74) is 0. The average Bonchev–Trinajstić information content (AvgIpc) is 2.03. The van der Waals surface area contributed by atoms with Crippen molar-refractivity contribution in [2.45, 2.75) is 34.1 Å². The van der Waals surface area contributed by atoms with Crippen molar-refractivity contribution in [1.29, 1.82) is 0 Å². The second-order valence-corrected chi connectivity index (χ2v) is 1.85. The molecule has 0 aliphatic rings. The van der Waals surface area contributed by atoms with Gasteiger partial charge in [0.05, 0.1) is 6.61 Å². The lowest BCUT2D eigenvalue weighted by molar-refractivity contribution is -0.175. The normalized spacial score (nSPS) is 8.09. The predicted molar refractivity (Wildman–Crippen MR) is 46.0 cm³/mol. The van der Waals surface area contributed by atoms with Gasteiger partial charge in [-0.25, -0.2) is 5.06 Å². The molecule has 0 aliphatic heterocycles. The molecule has 0 spiro atoms. The Balaban J connectivity index is 0. The Bertz CT molecular complexity index is 94.1. The van der Waals surface area contributed by atoms with E-state index in [-0.39, 0.29) is 5.91 Å². The van der Waals surface area contributed by atoms with Crippen LogP contribution in [0.5, 0.6) is 0 Å². The number of carbonyl (C=O) groups is 1. The van der Waals surface area contributed by atoms with Crippen LogP contribution in [-0.4, -0.2) is 24.6 Å². The number of nitrogens with zero attached hydrogens (tertiary/aromatic N) is 1. The highest BCUT2D eigenvalue weighted by Crippen LogP contribution is 1.86. The molecule has 0 aromatic rings. The molecule has 11 heavy (non-hydrogen) atoms. The maximum Gasteiger partial charge on any atom is 0.242 e. The van der Waals surface area contributed by atoms with E-state index in [1.807, 2.05) is 20.8 Å². The summed E-state index contributed by atoms with van der Waals surface area (Å²) in [4.78, 5) is 15.4. The molecule has 0 bridgehead atoms. The van der Waals surface area contributed by atoms with Crippen molar-refractivity contribution in [1.82, 2.24) is 5.06 Å². The number of hydrogen-bond acceptors (Lipinski definition) is 2. The quantitative estimate of drug-likeness (QED) is 0.591. The maximum absolute atomic E-state index is 10.5. The van der Waals surface area contributed by atoms with Crippen LogP contribution in [0.3, 0.4) is 0 Å². The fourth-order valence-electron chi connectivity index (χ4n) is 0.319. The summed E-state index contributed by atoms with van der Waals surface area (Å²) in [6.45, 7) is 8.07. The molecule has 0 rings (SSSR count). The molecular formula is C8H19NO2. The zero-order valence-corrected chi connectivity index (χ0v) is 8.18. The molecule has 0 radical (unpaired) electrons. The Morgan fingerprint density at radius 3 is 2.18 bits per heavy atom. The van der Waals surface area contributed by atoms with Gasteiger partial charge < -0.3 is 0 Å². The van der Waals surface area contributed by atoms with E-state index in [4.69, 9.17) is 4.84 Å². The van der Waals surface area contributed by atoms with E-state index in [2.05, 4.69) is 0 Å². The van der Waals surface area contributed by atoms with E-state index in [1.165, 1.54) is 12.0 Å². The zero-order valence-electron chi connectivity index (χ0n) is 8.18. The van der Waals surface area contributed by atoms with E-state index in [0.717, 1.165) is 6.42 Å². The minimum atomic E-state index is -0.0662. The molecule has 0 aliphatic carbocycles. The van der Waals surface area contributed by atoms with Crippen molar-refractivity contribution in [3.63, 3.8) is 0 Å². The Kier molecular flexibility index (Phi) is 11.2. The van der Waals surface area contributed by atoms with Gasteiger partial charge >= 0.3 is 0 Å². The smallest absolute Gasteiger partial charge is 0.242 e. The molecule has 0 N–H and O–H groups in total. The average molecular weight is 161 g/mol. The highest BCUT2D eigenvalue weighted by molar-refractivity contribution is 5.71. The van der Waals surface area contributed by atoms with Gasteiger partial charge in [-0.15, -0.1) is 0 Å². The lowest BCUT2D eigenvalue weighted by Gasteiger charge is -2.12. The molecule has 1 amide bonds. The molecule has 68 valence electrons. The van der Waals surface area contributed by atoms with Gasteiger partial charge in [0.1, 0.15) is 0 Å². The fraction of sp³-hybridized carbons (Fsp3) is 0.875. The third-order valence-corrected chi connectivity index (χ3v) is 0.933. The second kappa shape index (κ2) is 9.43. The molecule has 0 saturated carbocycles. The van der Waals surface area contributed by atoms with Crippen molar-refractivity contribution >= 4 is 5.91 Å². The lowest BCUT2D eigenvalue weighted by Crippen LogP contribution is -2.24. The van der Waals surface area contributed by atoms with Crippen molar-refractivity contribution in [3.05, 3.63) is 0 Å². The first kappa shape index (κ1) is 13.1. The first-order chi connectivity index (χ1) is 5.18. The number of hydrogen-bond donors (Lipinski definition) is 0. The van der Waals surface area contributed by atoms with E-state index in [1.54, 1.807) is 7.05 Å². The largest absolute Gasteiger partial charge is 0.273 e. The van der Waals surface area contributed by atoms with Crippen LogP contribution in [0.25, 0.3) is 0 Å². The molecule has 3 heteroatoms. The third-order valence-electron chi connectivity index (χ3n) is 0.933. The predicted octanol–water partition coefficient (Wildman–Crippen LogP) is 1.83. The molecule has 0 aromatic heterocycles. The topological polar surface area (TPSA) is 29.5 Å². The highest BCUT2D eigenvalue weighted by Gasteiger charge is 1.98. The van der Waals surface area contributed by atoms with Crippen LogP contribution < -0.4 is 0 Å². The summed E-state index contributed by atoms with van der Waals surface area (Å²) in [6.07, 6.45) is 0.928. The SMILES string of the molecule is CC.CCCON(C)C(C)=O.